The van der Waals surface area contributed by atoms with Crippen LogP contribution in [0.1, 0.15) is 12.0 Å². The van der Waals surface area contributed by atoms with Crippen molar-refractivity contribution in [2.75, 3.05) is 18.6 Å². The van der Waals surface area contributed by atoms with Gasteiger partial charge in [0.05, 0.1) is 26.0 Å². The predicted octanol–water partition coefficient (Wildman–Crippen LogP) is 3.38. The molecule has 1 fully saturated rings. The van der Waals surface area contributed by atoms with Gasteiger partial charge in [0.2, 0.25) is 0 Å². The number of furan rings is 1. The topological polar surface area (TPSA) is 34.8 Å². The van der Waals surface area contributed by atoms with Crippen LogP contribution in [0.3, 0.4) is 0 Å². The molecule has 1 aliphatic rings. The molecular weight excluding hydrogens is 254 g/mol. The maximum absolute atomic E-state index is 5.85. The average molecular weight is 271 g/mol. The monoisotopic (exact) mass is 271 g/mol. The normalized spacial score (nSPS) is 21.9. The molecule has 104 valence electrons. The van der Waals surface area contributed by atoms with E-state index in [1.807, 2.05) is 42.5 Å². The summed E-state index contributed by atoms with van der Waals surface area (Å²) in [6.07, 6.45) is 3.33. The maximum atomic E-state index is 5.85. The van der Waals surface area contributed by atoms with E-state index in [2.05, 4.69) is 11.5 Å². The van der Waals surface area contributed by atoms with E-state index in [9.17, 15) is 0 Å². The number of benzene rings is 1. The molecule has 1 aromatic carbocycles. The lowest BCUT2D eigenvalue weighted by Gasteiger charge is -2.27. The molecular formula is C16H17NO3. The van der Waals surface area contributed by atoms with Crippen molar-refractivity contribution >= 4 is 5.69 Å². The van der Waals surface area contributed by atoms with E-state index >= 15 is 0 Å². The van der Waals surface area contributed by atoms with Crippen LogP contribution in [0, 0.1) is 0 Å². The highest BCUT2D eigenvalue weighted by Crippen LogP contribution is 2.36. The fraction of sp³-hybridized carbons (Fsp3) is 0.250. The Morgan fingerprint density at radius 1 is 1.30 bits per heavy atom. The van der Waals surface area contributed by atoms with Gasteiger partial charge in [0.25, 0.3) is 0 Å². The lowest BCUT2D eigenvalue weighted by atomic mass is 10.2. The van der Waals surface area contributed by atoms with Crippen LogP contribution >= 0.6 is 0 Å². The molecule has 0 radical (unpaired) electrons. The molecule has 1 aliphatic heterocycles. The number of hydrogen-bond acceptors (Lipinski definition) is 4. The number of anilines is 1. The van der Waals surface area contributed by atoms with Crippen molar-refractivity contribution < 1.29 is 13.9 Å². The van der Waals surface area contributed by atoms with Crippen LogP contribution in [0.4, 0.5) is 5.69 Å². The Kier molecular flexibility index (Phi) is 3.48. The van der Waals surface area contributed by atoms with Gasteiger partial charge in [-0.25, -0.2) is 0 Å². The fourth-order valence-corrected chi connectivity index (χ4v) is 2.44. The Morgan fingerprint density at radius 2 is 2.10 bits per heavy atom. The van der Waals surface area contributed by atoms with E-state index in [4.69, 9.17) is 13.9 Å². The molecule has 0 N–H and O–H groups in total. The molecule has 0 unspecified atom stereocenters. The second-order valence-corrected chi connectivity index (χ2v) is 4.61. The summed E-state index contributed by atoms with van der Waals surface area (Å²) in [6.45, 7) is 4.49. The zero-order valence-corrected chi connectivity index (χ0v) is 11.4. The second kappa shape index (κ2) is 5.43. The lowest BCUT2D eigenvalue weighted by Crippen LogP contribution is -2.30. The van der Waals surface area contributed by atoms with Crippen LogP contribution < -0.4 is 9.64 Å². The Hall–Kier alpha value is -2.20. The SMILES string of the molecule is C=C[C@@H]1CO[C@@H](c2ccco2)N1c1ccc(OC)cc1. The highest BCUT2D eigenvalue weighted by atomic mass is 16.5. The van der Waals surface area contributed by atoms with Gasteiger partial charge in [-0.15, -0.1) is 6.58 Å². The highest BCUT2D eigenvalue weighted by Gasteiger charge is 2.35. The predicted molar refractivity (Wildman–Crippen MR) is 76.9 cm³/mol. The Labute approximate surface area is 118 Å². The number of ether oxygens (including phenoxy) is 2. The lowest BCUT2D eigenvalue weighted by molar-refractivity contribution is 0.0940. The zero-order chi connectivity index (χ0) is 13.9. The van der Waals surface area contributed by atoms with Crippen molar-refractivity contribution in [3.05, 3.63) is 61.1 Å². The fourth-order valence-electron chi connectivity index (χ4n) is 2.44. The summed E-state index contributed by atoms with van der Waals surface area (Å²) in [5, 5.41) is 0. The van der Waals surface area contributed by atoms with Crippen molar-refractivity contribution in [1.82, 2.24) is 0 Å². The van der Waals surface area contributed by atoms with Gasteiger partial charge in [-0.05, 0) is 36.4 Å². The van der Waals surface area contributed by atoms with E-state index in [0.29, 0.717) is 6.61 Å². The van der Waals surface area contributed by atoms with Gasteiger partial charge >= 0.3 is 0 Å². The van der Waals surface area contributed by atoms with Crippen molar-refractivity contribution in [1.29, 1.82) is 0 Å². The van der Waals surface area contributed by atoms with Crippen molar-refractivity contribution in [3.63, 3.8) is 0 Å². The Balaban J connectivity index is 1.94. The Morgan fingerprint density at radius 3 is 2.70 bits per heavy atom. The summed E-state index contributed by atoms with van der Waals surface area (Å²) in [6, 6.07) is 11.8. The summed E-state index contributed by atoms with van der Waals surface area (Å²) < 4.78 is 16.5. The summed E-state index contributed by atoms with van der Waals surface area (Å²) in [5.41, 5.74) is 1.05. The smallest absolute Gasteiger partial charge is 0.189 e. The van der Waals surface area contributed by atoms with Crippen molar-refractivity contribution in [2.24, 2.45) is 0 Å². The third kappa shape index (κ3) is 2.18. The van der Waals surface area contributed by atoms with Gasteiger partial charge in [-0.1, -0.05) is 6.08 Å². The average Bonchev–Trinajstić information content (AvgIpc) is 3.15. The van der Waals surface area contributed by atoms with E-state index in [0.717, 1.165) is 17.2 Å². The molecule has 0 spiro atoms. The second-order valence-electron chi connectivity index (χ2n) is 4.61. The number of nitrogens with zero attached hydrogens (tertiary/aromatic N) is 1. The van der Waals surface area contributed by atoms with Gasteiger partial charge in [0, 0.05) is 5.69 Å². The summed E-state index contributed by atoms with van der Waals surface area (Å²) >= 11 is 0. The first-order chi connectivity index (χ1) is 9.83. The standard InChI is InChI=1S/C16H17NO3/c1-3-12-11-20-16(15-5-4-10-19-15)17(12)13-6-8-14(18-2)9-7-13/h3-10,12,16H,1,11H2,2H3/t12-,16+/m1/s1. The van der Waals surface area contributed by atoms with E-state index in [1.165, 1.54) is 0 Å². The summed E-state index contributed by atoms with van der Waals surface area (Å²) in [7, 11) is 1.66. The van der Waals surface area contributed by atoms with Crippen LogP contribution in [0.5, 0.6) is 5.75 Å². The van der Waals surface area contributed by atoms with Crippen LogP contribution in [-0.2, 0) is 4.74 Å². The Bertz CT molecular complexity index is 562. The largest absolute Gasteiger partial charge is 0.497 e. The van der Waals surface area contributed by atoms with E-state index in [-0.39, 0.29) is 12.3 Å². The van der Waals surface area contributed by atoms with Crippen molar-refractivity contribution in [2.45, 2.75) is 12.3 Å². The van der Waals surface area contributed by atoms with Gasteiger partial charge in [0.15, 0.2) is 12.0 Å². The first-order valence-corrected chi connectivity index (χ1v) is 6.53. The molecule has 20 heavy (non-hydrogen) atoms. The van der Waals surface area contributed by atoms with Gasteiger partial charge in [0.1, 0.15) is 5.75 Å². The molecule has 1 saturated heterocycles. The first-order valence-electron chi connectivity index (χ1n) is 6.53. The summed E-state index contributed by atoms with van der Waals surface area (Å²) in [4.78, 5) is 2.16. The van der Waals surface area contributed by atoms with Crippen LogP contribution in [0.25, 0.3) is 0 Å². The molecule has 2 atom stereocenters. The molecule has 2 heterocycles. The number of methoxy groups -OCH3 is 1. The summed E-state index contributed by atoms with van der Waals surface area (Å²) in [5.74, 6) is 1.63. The zero-order valence-electron chi connectivity index (χ0n) is 11.4. The van der Waals surface area contributed by atoms with Crippen LogP contribution in [0.15, 0.2) is 59.7 Å². The minimum Gasteiger partial charge on any atom is -0.497 e. The van der Waals surface area contributed by atoms with Gasteiger partial charge < -0.3 is 18.8 Å². The first kappa shape index (κ1) is 12.8. The molecule has 4 heteroatoms. The van der Waals surface area contributed by atoms with E-state index in [1.54, 1.807) is 13.4 Å². The molecule has 3 rings (SSSR count). The molecule has 0 amide bonds. The molecule has 0 aliphatic carbocycles. The van der Waals surface area contributed by atoms with Crippen molar-refractivity contribution in [3.8, 4) is 5.75 Å². The van der Waals surface area contributed by atoms with E-state index < -0.39 is 0 Å². The molecule has 0 bridgehead atoms. The quantitative estimate of drug-likeness (QED) is 0.798. The maximum Gasteiger partial charge on any atom is 0.189 e. The van der Waals surface area contributed by atoms with Crippen LogP contribution in [-0.4, -0.2) is 19.8 Å². The molecule has 4 nitrogen and oxygen atoms in total. The minimum absolute atomic E-state index is 0.124. The number of hydrogen-bond donors (Lipinski definition) is 0. The third-order valence-electron chi connectivity index (χ3n) is 3.46. The molecule has 1 aromatic heterocycles. The molecule has 0 saturated carbocycles. The number of rotatable bonds is 4. The van der Waals surface area contributed by atoms with Gasteiger partial charge in [-0.2, -0.15) is 0 Å². The minimum atomic E-state index is -0.221. The highest BCUT2D eigenvalue weighted by molar-refractivity contribution is 5.52. The third-order valence-corrected chi connectivity index (χ3v) is 3.46. The molecule has 2 aromatic rings. The van der Waals surface area contributed by atoms with Crippen LogP contribution in [0.2, 0.25) is 0 Å². The van der Waals surface area contributed by atoms with Gasteiger partial charge in [-0.3, -0.25) is 0 Å².